The Balaban J connectivity index is 2.54. The predicted molar refractivity (Wildman–Crippen MR) is 62.7 cm³/mol. The topological polar surface area (TPSA) is 29.3 Å². The van der Waals surface area contributed by atoms with Gasteiger partial charge >= 0.3 is 0 Å². The van der Waals surface area contributed by atoms with Crippen LogP contribution in [0.3, 0.4) is 0 Å². The van der Waals surface area contributed by atoms with Crippen molar-refractivity contribution in [3.05, 3.63) is 10.6 Å². The minimum atomic E-state index is 0.204. The molecular formula is C10H18Cl2N2. The van der Waals surface area contributed by atoms with Gasteiger partial charge < -0.3 is 5.73 Å². The summed E-state index contributed by atoms with van der Waals surface area (Å²) in [5.41, 5.74) is 7.38. The highest BCUT2D eigenvalue weighted by Gasteiger charge is 2.25. The molecule has 82 valence electrons. The van der Waals surface area contributed by atoms with Crippen molar-refractivity contribution in [2.75, 3.05) is 13.1 Å². The highest BCUT2D eigenvalue weighted by Crippen LogP contribution is 2.21. The second kappa shape index (κ2) is 5.96. The van der Waals surface area contributed by atoms with Crippen molar-refractivity contribution in [2.24, 2.45) is 5.73 Å². The fourth-order valence-electron chi connectivity index (χ4n) is 2.04. The Morgan fingerprint density at radius 3 is 2.93 bits per heavy atom. The first-order valence-corrected chi connectivity index (χ1v) is 5.91. The molecule has 0 aromatic carbocycles. The third kappa shape index (κ3) is 3.43. The van der Waals surface area contributed by atoms with Gasteiger partial charge in [0.05, 0.1) is 0 Å². The SMILES string of the molecule is CC(N)C1CCCCN1CC(Cl)=CCl. The van der Waals surface area contributed by atoms with Crippen molar-refractivity contribution in [3.8, 4) is 0 Å². The molecule has 1 heterocycles. The van der Waals surface area contributed by atoms with E-state index in [9.17, 15) is 0 Å². The van der Waals surface area contributed by atoms with Gasteiger partial charge in [-0.2, -0.15) is 0 Å². The maximum absolute atomic E-state index is 5.94. The number of rotatable bonds is 3. The third-order valence-electron chi connectivity index (χ3n) is 2.74. The third-order valence-corrected chi connectivity index (χ3v) is 3.35. The summed E-state index contributed by atoms with van der Waals surface area (Å²) < 4.78 is 0. The van der Waals surface area contributed by atoms with Gasteiger partial charge in [0.25, 0.3) is 0 Å². The van der Waals surface area contributed by atoms with E-state index in [1.165, 1.54) is 24.8 Å². The van der Waals surface area contributed by atoms with E-state index >= 15 is 0 Å². The molecule has 0 radical (unpaired) electrons. The fraction of sp³-hybridized carbons (Fsp3) is 0.800. The van der Waals surface area contributed by atoms with Gasteiger partial charge in [0.1, 0.15) is 0 Å². The molecule has 2 nitrogen and oxygen atoms in total. The average molecular weight is 237 g/mol. The van der Waals surface area contributed by atoms with E-state index in [1.54, 1.807) is 0 Å². The van der Waals surface area contributed by atoms with Gasteiger partial charge in [-0.3, -0.25) is 4.90 Å². The standard InChI is InChI=1S/C10H18Cl2N2/c1-8(13)10-4-2-3-5-14(10)7-9(12)6-11/h6,8,10H,2-5,7,13H2,1H3. The van der Waals surface area contributed by atoms with E-state index in [0.29, 0.717) is 11.1 Å². The Bertz CT molecular complexity index is 204. The summed E-state index contributed by atoms with van der Waals surface area (Å²) >= 11 is 11.5. The Labute approximate surface area is 96.0 Å². The van der Waals surface area contributed by atoms with Crippen LogP contribution < -0.4 is 5.73 Å². The van der Waals surface area contributed by atoms with Crippen LogP contribution in [0.4, 0.5) is 0 Å². The minimum Gasteiger partial charge on any atom is -0.327 e. The Hall–Kier alpha value is 0.240. The van der Waals surface area contributed by atoms with E-state index in [-0.39, 0.29) is 6.04 Å². The molecule has 0 bridgehead atoms. The van der Waals surface area contributed by atoms with Gasteiger partial charge in [-0.15, -0.1) is 0 Å². The molecule has 1 aliphatic rings. The zero-order chi connectivity index (χ0) is 10.6. The zero-order valence-electron chi connectivity index (χ0n) is 8.55. The highest BCUT2D eigenvalue weighted by atomic mass is 35.5. The van der Waals surface area contributed by atoms with Crippen molar-refractivity contribution in [1.29, 1.82) is 0 Å². The molecule has 0 amide bonds. The number of nitrogens with two attached hydrogens (primary N) is 1. The van der Waals surface area contributed by atoms with Gasteiger partial charge in [0.2, 0.25) is 0 Å². The Kier molecular flexibility index (Phi) is 5.24. The van der Waals surface area contributed by atoms with Crippen LogP contribution >= 0.6 is 23.2 Å². The minimum absolute atomic E-state index is 0.204. The maximum atomic E-state index is 5.94. The van der Waals surface area contributed by atoms with E-state index in [2.05, 4.69) is 11.8 Å². The number of nitrogens with zero attached hydrogens (tertiary/aromatic N) is 1. The molecule has 1 aliphatic heterocycles. The molecule has 2 N–H and O–H groups in total. The van der Waals surface area contributed by atoms with Crippen LogP contribution in [0.2, 0.25) is 0 Å². The van der Waals surface area contributed by atoms with Crippen molar-refractivity contribution in [1.82, 2.24) is 4.90 Å². The van der Waals surface area contributed by atoms with Crippen molar-refractivity contribution >= 4 is 23.2 Å². The highest BCUT2D eigenvalue weighted by molar-refractivity contribution is 6.36. The monoisotopic (exact) mass is 236 g/mol. The van der Waals surface area contributed by atoms with Crippen LogP contribution in [0.5, 0.6) is 0 Å². The molecule has 2 atom stereocenters. The van der Waals surface area contributed by atoms with Crippen molar-refractivity contribution in [2.45, 2.75) is 38.3 Å². The van der Waals surface area contributed by atoms with E-state index in [4.69, 9.17) is 28.9 Å². The summed E-state index contributed by atoms with van der Waals surface area (Å²) in [5.74, 6) is 0. The number of hydrogen-bond acceptors (Lipinski definition) is 2. The van der Waals surface area contributed by atoms with Gasteiger partial charge in [0, 0.05) is 29.2 Å². The molecule has 0 aliphatic carbocycles. The van der Waals surface area contributed by atoms with E-state index < -0.39 is 0 Å². The molecule has 0 spiro atoms. The summed E-state index contributed by atoms with van der Waals surface area (Å²) in [5, 5.41) is 0.694. The molecule has 1 fully saturated rings. The number of hydrogen-bond donors (Lipinski definition) is 1. The van der Waals surface area contributed by atoms with Crippen molar-refractivity contribution < 1.29 is 0 Å². The molecular weight excluding hydrogens is 219 g/mol. The van der Waals surface area contributed by atoms with E-state index in [0.717, 1.165) is 13.1 Å². The van der Waals surface area contributed by atoms with E-state index in [1.807, 2.05) is 0 Å². The Morgan fingerprint density at radius 1 is 1.64 bits per heavy atom. The first-order valence-electron chi connectivity index (χ1n) is 5.09. The number of piperidine rings is 1. The lowest BCUT2D eigenvalue weighted by molar-refractivity contribution is 0.145. The quantitative estimate of drug-likeness (QED) is 0.817. The molecule has 2 unspecified atom stereocenters. The summed E-state index contributed by atoms with van der Waals surface area (Å²) in [4.78, 5) is 2.33. The first-order chi connectivity index (χ1) is 6.65. The number of halogens is 2. The smallest absolute Gasteiger partial charge is 0.0434 e. The molecule has 14 heavy (non-hydrogen) atoms. The first kappa shape index (κ1) is 12.3. The normalized spacial score (nSPS) is 27.7. The van der Waals surface area contributed by atoms with Gasteiger partial charge in [0.15, 0.2) is 0 Å². The largest absolute Gasteiger partial charge is 0.327 e. The lowest BCUT2D eigenvalue weighted by Crippen LogP contribution is -2.49. The second-order valence-electron chi connectivity index (χ2n) is 3.95. The summed E-state index contributed by atoms with van der Waals surface area (Å²) in [6.07, 6.45) is 3.67. The Morgan fingerprint density at radius 2 is 2.36 bits per heavy atom. The summed E-state index contributed by atoms with van der Waals surface area (Å²) in [7, 11) is 0. The van der Waals surface area contributed by atoms with Crippen LogP contribution in [0.25, 0.3) is 0 Å². The predicted octanol–water partition coefficient (Wildman–Crippen LogP) is 2.51. The van der Waals surface area contributed by atoms with Crippen LogP contribution in [0.1, 0.15) is 26.2 Å². The summed E-state index contributed by atoms with van der Waals surface area (Å²) in [6.45, 7) is 3.87. The molecule has 4 heteroatoms. The fourth-order valence-corrected chi connectivity index (χ4v) is 2.26. The molecule has 1 saturated heterocycles. The van der Waals surface area contributed by atoms with Gasteiger partial charge in [-0.1, -0.05) is 29.6 Å². The molecule has 1 rings (SSSR count). The van der Waals surface area contributed by atoms with Gasteiger partial charge in [-0.25, -0.2) is 0 Å². The summed E-state index contributed by atoms with van der Waals surface area (Å²) in [6, 6.07) is 0.657. The van der Waals surface area contributed by atoms with Crippen LogP contribution in [-0.4, -0.2) is 30.1 Å². The van der Waals surface area contributed by atoms with Crippen LogP contribution in [-0.2, 0) is 0 Å². The second-order valence-corrected chi connectivity index (χ2v) is 4.65. The number of likely N-dealkylation sites (tertiary alicyclic amines) is 1. The lowest BCUT2D eigenvalue weighted by Gasteiger charge is -2.37. The molecule has 0 aromatic rings. The molecule has 0 saturated carbocycles. The van der Waals surface area contributed by atoms with Crippen LogP contribution in [0.15, 0.2) is 10.6 Å². The average Bonchev–Trinajstić information content (AvgIpc) is 2.18. The zero-order valence-corrected chi connectivity index (χ0v) is 10.1. The van der Waals surface area contributed by atoms with Crippen LogP contribution in [0, 0.1) is 0 Å². The van der Waals surface area contributed by atoms with Gasteiger partial charge in [-0.05, 0) is 26.3 Å². The maximum Gasteiger partial charge on any atom is 0.0434 e. The lowest BCUT2D eigenvalue weighted by atomic mass is 9.97. The van der Waals surface area contributed by atoms with Crippen molar-refractivity contribution in [3.63, 3.8) is 0 Å². The molecule has 0 aromatic heterocycles.